The second kappa shape index (κ2) is 5.83. The number of methoxy groups -OCH3 is 1. The van der Waals surface area contributed by atoms with Gasteiger partial charge in [0, 0.05) is 5.69 Å². The summed E-state index contributed by atoms with van der Waals surface area (Å²) in [6.07, 6.45) is 0. The SMILES string of the molecule is COc1ccc(C)cc1NS(=O)(=O)c1cc(N)ccc1Cl. The lowest BCUT2D eigenvalue weighted by Crippen LogP contribution is -2.14. The van der Waals surface area contributed by atoms with Gasteiger partial charge in [-0.25, -0.2) is 8.42 Å². The lowest BCUT2D eigenvalue weighted by Gasteiger charge is -2.13. The Morgan fingerprint density at radius 3 is 2.57 bits per heavy atom. The van der Waals surface area contributed by atoms with Crippen LogP contribution in [0, 0.1) is 6.92 Å². The zero-order valence-electron chi connectivity index (χ0n) is 11.6. The first-order valence-corrected chi connectivity index (χ1v) is 7.92. The molecule has 0 radical (unpaired) electrons. The number of nitrogen functional groups attached to an aromatic ring is 1. The van der Waals surface area contributed by atoms with Crippen LogP contribution in [-0.4, -0.2) is 15.5 Å². The van der Waals surface area contributed by atoms with Crippen molar-refractivity contribution in [2.75, 3.05) is 17.6 Å². The van der Waals surface area contributed by atoms with E-state index in [2.05, 4.69) is 4.72 Å². The molecule has 112 valence electrons. The highest BCUT2D eigenvalue weighted by molar-refractivity contribution is 7.92. The molecule has 0 heterocycles. The first-order chi connectivity index (χ1) is 9.83. The first kappa shape index (κ1) is 15.5. The number of rotatable bonds is 4. The minimum absolute atomic E-state index is 0.0762. The smallest absolute Gasteiger partial charge is 0.263 e. The van der Waals surface area contributed by atoms with Crippen molar-refractivity contribution < 1.29 is 13.2 Å². The largest absolute Gasteiger partial charge is 0.495 e. The van der Waals surface area contributed by atoms with Crippen LogP contribution in [0.5, 0.6) is 5.75 Å². The van der Waals surface area contributed by atoms with Crippen LogP contribution in [-0.2, 0) is 10.0 Å². The van der Waals surface area contributed by atoms with Gasteiger partial charge >= 0.3 is 0 Å². The summed E-state index contributed by atoms with van der Waals surface area (Å²) in [4.78, 5) is -0.0762. The van der Waals surface area contributed by atoms with Crippen LogP contribution in [0.4, 0.5) is 11.4 Å². The fourth-order valence-electron chi connectivity index (χ4n) is 1.83. The molecule has 3 N–H and O–H groups in total. The molecule has 0 bridgehead atoms. The van der Waals surface area contributed by atoms with E-state index in [1.54, 1.807) is 12.1 Å². The second-order valence-corrected chi connectivity index (χ2v) is 6.56. The molecule has 2 aromatic rings. The predicted molar refractivity (Wildman–Crippen MR) is 84.4 cm³/mol. The number of nitrogens with one attached hydrogen (secondary N) is 1. The van der Waals surface area contributed by atoms with Crippen LogP contribution in [0.3, 0.4) is 0 Å². The number of nitrogens with two attached hydrogens (primary N) is 1. The number of ether oxygens (including phenoxy) is 1. The molecule has 5 nitrogen and oxygen atoms in total. The molecular formula is C14H15ClN2O3S. The van der Waals surface area contributed by atoms with E-state index in [0.29, 0.717) is 17.1 Å². The molecule has 0 saturated heterocycles. The number of hydrogen-bond donors (Lipinski definition) is 2. The van der Waals surface area contributed by atoms with Crippen LogP contribution >= 0.6 is 11.6 Å². The average Bonchev–Trinajstić information content (AvgIpc) is 2.41. The number of benzene rings is 2. The highest BCUT2D eigenvalue weighted by atomic mass is 35.5. The molecule has 21 heavy (non-hydrogen) atoms. The summed E-state index contributed by atoms with van der Waals surface area (Å²) < 4.78 is 32.5. The van der Waals surface area contributed by atoms with E-state index in [0.717, 1.165) is 5.56 Å². The number of aryl methyl sites for hydroxylation is 1. The third-order valence-corrected chi connectivity index (χ3v) is 4.69. The van der Waals surface area contributed by atoms with Crippen molar-refractivity contribution in [2.24, 2.45) is 0 Å². The van der Waals surface area contributed by atoms with Crippen LogP contribution in [0.25, 0.3) is 0 Å². The van der Waals surface area contributed by atoms with Crippen molar-refractivity contribution in [1.82, 2.24) is 0 Å². The molecule has 0 aromatic heterocycles. The van der Waals surface area contributed by atoms with E-state index in [9.17, 15) is 8.42 Å². The molecule has 0 fully saturated rings. The van der Waals surface area contributed by atoms with E-state index in [4.69, 9.17) is 22.1 Å². The zero-order chi connectivity index (χ0) is 15.6. The van der Waals surface area contributed by atoms with Gasteiger partial charge in [0.05, 0.1) is 17.8 Å². The van der Waals surface area contributed by atoms with E-state index in [1.807, 2.05) is 13.0 Å². The molecule has 0 atom stereocenters. The summed E-state index contributed by atoms with van der Waals surface area (Å²) in [6, 6.07) is 9.48. The zero-order valence-corrected chi connectivity index (χ0v) is 13.1. The Bertz CT molecular complexity index is 776. The van der Waals surface area contributed by atoms with Crippen molar-refractivity contribution in [3.05, 3.63) is 47.0 Å². The molecule has 0 unspecified atom stereocenters. The summed E-state index contributed by atoms with van der Waals surface area (Å²) in [5.41, 5.74) is 7.18. The first-order valence-electron chi connectivity index (χ1n) is 6.06. The van der Waals surface area contributed by atoms with Crippen molar-refractivity contribution in [3.8, 4) is 5.75 Å². The summed E-state index contributed by atoms with van der Waals surface area (Å²) in [5.74, 6) is 0.421. The van der Waals surface area contributed by atoms with Gasteiger partial charge in [-0.05, 0) is 42.8 Å². The van der Waals surface area contributed by atoms with E-state index < -0.39 is 10.0 Å². The molecule has 2 rings (SSSR count). The Hall–Kier alpha value is -1.92. The number of hydrogen-bond acceptors (Lipinski definition) is 4. The van der Waals surface area contributed by atoms with E-state index in [1.165, 1.54) is 25.3 Å². The summed E-state index contributed by atoms with van der Waals surface area (Å²) in [6.45, 7) is 1.85. The molecule has 0 saturated carbocycles. The molecule has 7 heteroatoms. The topological polar surface area (TPSA) is 81.4 Å². The van der Waals surface area contributed by atoms with Crippen LogP contribution in [0.2, 0.25) is 5.02 Å². The molecule has 0 aliphatic rings. The average molecular weight is 327 g/mol. The Morgan fingerprint density at radius 1 is 1.19 bits per heavy atom. The molecular weight excluding hydrogens is 312 g/mol. The van der Waals surface area contributed by atoms with Gasteiger partial charge in [0.1, 0.15) is 10.6 Å². The maximum atomic E-state index is 12.4. The van der Waals surface area contributed by atoms with Gasteiger partial charge in [-0.3, -0.25) is 4.72 Å². The minimum atomic E-state index is -3.86. The number of anilines is 2. The number of sulfonamides is 1. The second-order valence-electron chi connectivity index (χ2n) is 4.50. The van der Waals surface area contributed by atoms with Crippen molar-refractivity contribution >= 4 is 33.0 Å². The molecule has 0 aliphatic heterocycles. The summed E-state index contributed by atoms with van der Waals surface area (Å²) in [7, 11) is -2.39. The Kier molecular flexibility index (Phi) is 4.29. The van der Waals surface area contributed by atoms with Gasteiger partial charge in [0.15, 0.2) is 0 Å². The standard InChI is InChI=1S/C14H15ClN2O3S/c1-9-3-6-13(20-2)12(7-9)17-21(18,19)14-8-10(16)4-5-11(14)15/h3-8,17H,16H2,1-2H3. The number of halogens is 1. The third kappa shape index (κ3) is 3.40. The van der Waals surface area contributed by atoms with Crippen molar-refractivity contribution in [3.63, 3.8) is 0 Å². The third-order valence-electron chi connectivity index (χ3n) is 2.84. The maximum absolute atomic E-state index is 12.4. The summed E-state index contributed by atoms with van der Waals surface area (Å²) >= 11 is 5.95. The lowest BCUT2D eigenvalue weighted by atomic mass is 10.2. The summed E-state index contributed by atoms with van der Waals surface area (Å²) in [5, 5.41) is 0.100. The quantitative estimate of drug-likeness (QED) is 0.846. The van der Waals surface area contributed by atoms with Crippen LogP contribution in [0.1, 0.15) is 5.56 Å². The van der Waals surface area contributed by atoms with Gasteiger partial charge in [-0.1, -0.05) is 17.7 Å². The van der Waals surface area contributed by atoms with Crippen LogP contribution < -0.4 is 15.2 Å². The Balaban J connectivity index is 2.47. The maximum Gasteiger partial charge on any atom is 0.263 e. The van der Waals surface area contributed by atoms with Gasteiger partial charge < -0.3 is 10.5 Å². The van der Waals surface area contributed by atoms with Gasteiger partial charge in [-0.2, -0.15) is 0 Å². The van der Waals surface area contributed by atoms with Crippen LogP contribution in [0.15, 0.2) is 41.3 Å². The Labute approximate surface area is 128 Å². The minimum Gasteiger partial charge on any atom is -0.495 e. The van der Waals surface area contributed by atoms with Gasteiger partial charge in [-0.15, -0.1) is 0 Å². The van der Waals surface area contributed by atoms with Crippen molar-refractivity contribution in [1.29, 1.82) is 0 Å². The highest BCUT2D eigenvalue weighted by Gasteiger charge is 2.20. The normalized spacial score (nSPS) is 11.2. The fourth-order valence-corrected chi connectivity index (χ4v) is 3.42. The molecule has 0 aliphatic carbocycles. The van der Waals surface area contributed by atoms with Gasteiger partial charge in [0.2, 0.25) is 0 Å². The van der Waals surface area contributed by atoms with Gasteiger partial charge in [0.25, 0.3) is 10.0 Å². The molecule has 0 amide bonds. The fraction of sp³-hybridized carbons (Fsp3) is 0.143. The Morgan fingerprint density at radius 2 is 1.90 bits per heavy atom. The van der Waals surface area contributed by atoms with E-state index >= 15 is 0 Å². The molecule has 2 aromatic carbocycles. The monoisotopic (exact) mass is 326 g/mol. The van der Waals surface area contributed by atoms with Crippen molar-refractivity contribution in [2.45, 2.75) is 11.8 Å². The molecule has 0 spiro atoms. The highest BCUT2D eigenvalue weighted by Crippen LogP contribution is 2.30. The lowest BCUT2D eigenvalue weighted by molar-refractivity contribution is 0.417. The predicted octanol–water partition coefficient (Wildman–Crippen LogP) is 3.04. The van der Waals surface area contributed by atoms with E-state index in [-0.39, 0.29) is 9.92 Å².